The molecule has 0 aliphatic rings. The van der Waals surface area contributed by atoms with Crippen molar-refractivity contribution in [3.05, 3.63) is 23.4 Å². The molecular weight excluding hydrogens is 220 g/mol. The van der Waals surface area contributed by atoms with Gasteiger partial charge < -0.3 is 16.4 Å². The molecule has 0 aliphatic carbocycles. The van der Waals surface area contributed by atoms with Crippen molar-refractivity contribution in [2.45, 2.75) is 13.8 Å². The van der Waals surface area contributed by atoms with Crippen LogP contribution in [0.5, 0.6) is 0 Å². The van der Waals surface area contributed by atoms with Crippen molar-refractivity contribution >= 4 is 17.6 Å². The standard InChI is InChI=1S/C11H16N4O2/c1-7-3-8(2)14-9(4-7)15-11(17)6-13-10(16)5-12/h3-4H,5-6,12H2,1-2H3,(H,13,16)(H,14,15,17). The average Bonchev–Trinajstić information content (AvgIpc) is 2.24. The molecule has 0 atom stereocenters. The molecule has 4 N–H and O–H groups in total. The van der Waals surface area contributed by atoms with E-state index in [-0.39, 0.29) is 24.9 Å². The molecule has 92 valence electrons. The minimum Gasteiger partial charge on any atom is -0.346 e. The molecule has 6 nitrogen and oxygen atoms in total. The Morgan fingerprint density at radius 3 is 2.59 bits per heavy atom. The maximum absolute atomic E-state index is 11.4. The molecule has 0 saturated carbocycles. The van der Waals surface area contributed by atoms with E-state index in [1.165, 1.54) is 0 Å². The van der Waals surface area contributed by atoms with Crippen molar-refractivity contribution < 1.29 is 9.59 Å². The van der Waals surface area contributed by atoms with Gasteiger partial charge in [0.2, 0.25) is 11.8 Å². The van der Waals surface area contributed by atoms with Gasteiger partial charge in [-0.2, -0.15) is 0 Å². The molecule has 17 heavy (non-hydrogen) atoms. The number of hydrogen-bond donors (Lipinski definition) is 3. The topological polar surface area (TPSA) is 97.1 Å². The van der Waals surface area contributed by atoms with Crippen LogP contribution in [-0.2, 0) is 9.59 Å². The Hall–Kier alpha value is -1.95. The van der Waals surface area contributed by atoms with Crippen molar-refractivity contribution in [2.75, 3.05) is 18.4 Å². The molecule has 1 heterocycles. The van der Waals surface area contributed by atoms with E-state index in [2.05, 4.69) is 15.6 Å². The highest BCUT2D eigenvalue weighted by molar-refractivity contribution is 5.94. The van der Waals surface area contributed by atoms with E-state index >= 15 is 0 Å². The lowest BCUT2D eigenvalue weighted by Crippen LogP contribution is -2.36. The lowest BCUT2D eigenvalue weighted by Gasteiger charge is -2.07. The van der Waals surface area contributed by atoms with Gasteiger partial charge in [0.1, 0.15) is 5.82 Å². The highest BCUT2D eigenvalue weighted by Crippen LogP contribution is 2.08. The van der Waals surface area contributed by atoms with Gasteiger partial charge in [0.25, 0.3) is 0 Å². The SMILES string of the molecule is Cc1cc(C)nc(NC(=O)CNC(=O)CN)c1. The number of rotatable bonds is 4. The van der Waals surface area contributed by atoms with E-state index in [0.29, 0.717) is 5.82 Å². The summed E-state index contributed by atoms with van der Waals surface area (Å²) < 4.78 is 0. The van der Waals surface area contributed by atoms with Crippen LogP contribution >= 0.6 is 0 Å². The van der Waals surface area contributed by atoms with Gasteiger partial charge in [-0.3, -0.25) is 9.59 Å². The second kappa shape index (κ2) is 5.95. The number of anilines is 1. The van der Waals surface area contributed by atoms with E-state index in [4.69, 9.17) is 5.73 Å². The largest absolute Gasteiger partial charge is 0.346 e. The molecule has 1 aromatic rings. The van der Waals surface area contributed by atoms with Gasteiger partial charge in [0.15, 0.2) is 0 Å². The first kappa shape index (κ1) is 13.1. The first-order chi connectivity index (χ1) is 8.01. The van der Waals surface area contributed by atoms with Crippen molar-refractivity contribution in [3.8, 4) is 0 Å². The number of amides is 2. The number of carbonyl (C=O) groups excluding carboxylic acids is 2. The quantitative estimate of drug-likeness (QED) is 0.669. The zero-order chi connectivity index (χ0) is 12.8. The second-order valence-electron chi connectivity index (χ2n) is 3.70. The molecule has 0 fully saturated rings. The van der Waals surface area contributed by atoms with E-state index in [1.54, 1.807) is 6.07 Å². The average molecular weight is 236 g/mol. The monoisotopic (exact) mass is 236 g/mol. The fraction of sp³-hybridized carbons (Fsp3) is 0.364. The number of carbonyl (C=O) groups is 2. The van der Waals surface area contributed by atoms with Crippen molar-refractivity contribution in [1.29, 1.82) is 0 Å². The Bertz CT molecular complexity index is 411. The molecule has 0 spiro atoms. The number of nitrogens with zero attached hydrogens (tertiary/aromatic N) is 1. The normalized spacial score (nSPS) is 9.82. The third-order valence-electron chi connectivity index (χ3n) is 2.00. The van der Waals surface area contributed by atoms with Crippen LogP contribution in [0.3, 0.4) is 0 Å². The van der Waals surface area contributed by atoms with Gasteiger partial charge in [-0.1, -0.05) is 0 Å². The number of nitrogens with two attached hydrogens (primary N) is 1. The third-order valence-corrected chi connectivity index (χ3v) is 2.00. The summed E-state index contributed by atoms with van der Waals surface area (Å²) in [5, 5.41) is 4.98. The zero-order valence-corrected chi connectivity index (χ0v) is 9.91. The van der Waals surface area contributed by atoms with Crippen LogP contribution < -0.4 is 16.4 Å². The molecule has 0 radical (unpaired) electrons. The van der Waals surface area contributed by atoms with Gasteiger partial charge in [0.05, 0.1) is 13.1 Å². The van der Waals surface area contributed by atoms with E-state index < -0.39 is 0 Å². The zero-order valence-electron chi connectivity index (χ0n) is 9.91. The highest BCUT2D eigenvalue weighted by atomic mass is 16.2. The Morgan fingerprint density at radius 2 is 2.00 bits per heavy atom. The summed E-state index contributed by atoms with van der Waals surface area (Å²) >= 11 is 0. The predicted molar refractivity (Wildman–Crippen MR) is 64.4 cm³/mol. The molecule has 0 unspecified atom stereocenters. The maximum Gasteiger partial charge on any atom is 0.244 e. The summed E-state index contributed by atoms with van der Waals surface area (Å²) in [6, 6.07) is 3.67. The number of aromatic nitrogens is 1. The minimum atomic E-state index is -0.367. The molecule has 6 heteroatoms. The minimum absolute atomic E-state index is 0.106. The van der Waals surface area contributed by atoms with Crippen LogP contribution in [0.25, 0.3) is 0 Å². The first-order valence-electron chi connectivity index (χ1n) is 5.23. The van der Waals surface area contributed by atoms with E-state index in [0.717, 1.165) is 11.3 Å². The van der Waals surface area contributed by atoms with Gasteiger partial charge in [-0.25, -0.2) is 4.98 Å². The van der Waals surface area contributed by atoms with Crippen LogP contribution in [0.15, 0.2) is 12.1 Å². The number of aryl methyl sites for hydroxylation is 2. The lowest BCUT2D eigenvalue weighted by molar-refractivity contribution is -0.123. The molecule has 2 amide bonds. The molecule has 1 rings (SSSR count). The lowest BCUT2D eigenvalue weighted by atomic mass is 10.2. The van der Waals surface area contributed by atoms with Crippen molar-refractivity contribution in [2.24, 2.45) is 5.73 Å². The highest BCUT2D eigenvalue weighted by Gasteiger charge is 2.05. The second-order valence-corrected chi connectivity index (χ2v) is 3.70. The number of nitrogens with one attached hydrogen (secondary N) is 2. The predicted octanol–water partition coefficient (Wildman–Crippen LogP) is -0.288. The number of hydrogen-bond acceptors (Lipinski definition) is 4. The maximum atomic E-state index is 11.4. The van der Waals surface area contributed by atoms with Crippen LogP contribution in [0.2, 0.25) is 0 Å². The van der Waals surface area contributed by atoms with Crippen LogP contribution in [0, 0.1) is 13.8 Å². The summed E-state index contributed by atoms with van der Waals surface area (Å²) in [5.74, 6) is -0.215. The molecule has 0 aliphatic heterocycles. The van der Waals surface area contributed by atoms with E-state index in [9.17, 15) is 9.59 Å². The Morgan fingerprint density at radius 1 is 1.29 bits per heavy atom. The molecule has 0 aromatic carbocycles. The van der Waals surface area contributed by atoms with Crippen molar-refractivity contribution in [1.82, 2.24) is 10.3 Å². The molecular formula is C11H16N4O2. The van der Waals surface area contributed by atoms with Crippen LogP contribution in [0.4, 0.5) is 5.82 Å². The van der Waals surface area contributed by atoms with E-state index in [1.807, 2.05) is 19.9 Å². The first-order valence-corrected chi connectivity index (χ1v) is 5.23. The summed E-state index contributed by atoms with van der Waals surface area (Å²) in [6.07, 6.45) is 0. The summed E-state index contributed by atoms with van der Waals surface area (Å²) in [5.41, 5.74) is 6.93. The Balaban J connectivity index is 2.53. The summed E-state index contributed by atoms with van der Waals surface area (Å²) in [4.78, 5) is 26.4. The van der Waals surface area contributed by atoms with Gasteiger partial charge in [0, 0.05) is 5.69 Å². The summed E-state index contributed by atoms with van der Waals surface area (Å²) in [7, 11) is 0. The van der Waals surface area contributed by atoms with Crippen LogP contribution in [-0.4, -0.2) is 29.9 Å². The summed E-state index contributed by atoms with van der Waals surface area (Å²) in [6.45, 7) is 3.53. The van der Waals surface area contributed by atoms with Crippen LogP contribution in [0.1, 0.15) is 11.3 Å². The molecule has 0 saturated heterocycles. The Labute approximate surface area is 99.6 Å². The Kier molecular flexibility index (Phi) is 4.59. The smallest absolute Gasteiger partial charge is 0.244 e. The van der Waals surface area contributed by atoms with Gasteiger partial charge in [-0.15, -0.1) is 0 Å². The fourth-order valence-electron chi connectivity index (χ4n) is 1.34. The van der Waals surface area contributed by atoms with Gasteiger partial charge >= 0.3 is 0 Å². The third kappa shape index (κ3) is 4.60. The fourth-order valence-corrected chi connectivity index (χ4v) is 1.34. The molecule has 1 aromatic heterocycles. The van der Waals surface area contributed by atoms with Gasteiger partial charge in [-0.05, 0) is 31.5 Å². The number of pyridine rings is 1. The molecule has 0 bridgehead atoms. The van der Waals surface area contributed by atoms with Crippen molar-refractivity contribution in [3.63, 3.8) is 0 Å².